The van der Waals surface area contributed by atoms with E-state index in [1.54, 1.807) is 0 Å². The molecule has 2 aromatic rings. The lowest BCUT2D eigenvalue weighted by Crippen LogP contribution is -2.37. The van der Waals surface area contributed by atoms with Gasteiger partial charge >= 0.3 is 0 Å². The van der Waals surface area contributed by atoms with Crippen molar-refractivity contribution in [2.45, 2.75) is 57.6 Å². The van der Waals surface area contributed by atoms with Gasteiger partial charge in [0.25, 0.3) is 0 Å². The summed E-state index contributed by atoms with van der Waals surface area (Å²) >= 11 is 0. The van der Waals surface area contributed by atoms with Gasteiger partial charge in [-0.25, -0.2) is 4.98 Å². The Morgan fingerprint density at radius 1 is 1.07 bits per heavy atom. The highest BCUT2D eigenvalue weighted by Crippen LogP contribution is 2.44. The van der Waals surface area contributed by atoms with Crippen LogP contribution in [0.25, 0.3) is 11.0 Å². The van der Waals surface area contributed by atoms with E-state index in [9.17, 15) is 0 Å². The van der Waals surface area contributed by atoms with E-state index in [0.717, 1.165) is 29.1 Å². The zero-order valence-electron chi connectivity index (χ0n) is 16.8. The summed E-state index contributed by atoms with van der Waals surface area (Å²) < 4.78 is 8.51. The van der Waals surface area contributed by atoms with Crippen molar-refractivity contribution in [1.29, 1.82) is 0 Å². The molecule has 5 rings (SSSR count). The smallest absolute Gasteiger partial charge is 0.107 e. The van der Waals surface area contributed by atoms with Crippen molar-refractivity contribution in [3.05, 3.63) is 30.1 Å². The second-order valence-electron chi connectivity index (χ2n) is 9.22. The summed E-state index contributed by atoms with van der Waals surface area (Å²) in [5.74, 6) is 3.70. The summed E-state index contributed by atoms with van der Waals surface area (Å²) in [6.07, 6.45) is 8.53. The molecule has 0 bridgehead atoms. The Hall–Kier alpha value is -1.39. The highest BCUT2D eigenvalue weighted by atomic mass is 16.5. The van der Waals surface area contributed by atoms with Crippen LogP contribution in [0, 0.1) is 24.7 Å². The van der Waals surface area contributed by atoms with Crippen molar-refractivity contribution < 1.29 is 4.74 Å². The second-order valence-corrected chi connectivity index (χ2v) is 9.22. The zero-order chi connectivity index (χ0) is 18.4. The molecule has 1 aromatic carbocycles. The first kappa shape index (κ1) is 17.7. The van der Waals surface area contributed by atoms with Gasteiger partial charge in [-0.2, -0.15) is 0 Å². The Labute approximate surface area is 162 Å². The zero-order valence-corrected chi connectivity index (χ0v) is 16.8. The minimum absolute atomic E-state index is 0.300. The van der Waals surface area contributed by atoms with E-state index in [4.69, 9.17) is 9.72 Å². The molecule has 2 heterocycles. The standard InChI is InChI=1S/C23H33N3O/c1-16-24-20-9-5-6-10-21(20)26(16)22-11-18-14-25(13-17-7-3-4-8-17)15-19(18)12-23(22)27-2/h5-6,9-10,17-19,22-23H,3-4,7-8,11-15H2,1-2H3/t18-,19+,22-,23-/m0/s1. The molecule has 0 N–H and O–H groups in total. The summed E-state index contributed by atoms with van der Waals surface area (Å²) in [6, 6.07) is 8.98. The molecule has 1 aliphatic heterocycles. The molecule has 4 nitrogen and oxygen atoms in total. The number of ether oxygens (including phenoxy) is 1. The van der Waals surface area contributed by atoms with Crippen LogP contribution in [-0.2, 0) is 4.74 Å². The van der Waals surface area contributed by atoms with Crippen molar-refractivity contribution in [2.24, 2.45) is 17.8 Å². The number of aromatic nitrogens is 2. The molecule has 27 heavy (non-hydrogen) atoms. The molecule has 1 saturated heterocycles. The Bertz CT molecular complexity index is 794. The Balaban J connectivity index is 1.37. The largest absolute Gasteiger partial charge is 0.379 e. The molecular weight excluding hydrogens is 334 g/mol. The van der Waals surface area contributed by atoms with Gasteiger partial charge in [0, 0.05) is 26.7 Å². The number of likely N-dealkylation sites (tertiary alicyclic amines) is 1. The average molecular weight is 368 g/mol. The van der Waals surface area contributed by atoms with Gasteiger partial charge in [0.15, 0.2) is 0 Å². The monoisotopic (exact) mass is 367 g/mol. The van der Waals surface area contributed by atoms with Crippen LogP contribution < -0.4 is 0 Å². The molecule has 4 heteroatoms. The molecule has 4 atom stereocenters. The first-order valence-corrected chi connectivity index (χ1v) is 10.9. The maximum Gasteiger partial charge on any atom is 0.107 e. The predicted molar refractivity (Wildman–Crippen MR) is 109 cm³/mol. The van der Waals surface area contributed by atoms with Gasteiger partial charge in [-0.3, -0.25) is 0 Å². The predicted octanol–water partition coefficient (Wildman–Crippen LogP) is 4.43. The van der Waals surface area contributed by atoms with Crippen LogP contribution >= 0.6 is 0 Å². The molecule has 3 fully saturated rings. The van der Waals surface area contributed by atoms with Gasteiger partial charge in [-0.1, -0.05) is 25.0 Å². The van der Waals surface area contributed by atoms with Crippen LogP contribution in [0.3, 0.4) is 0 Å². The third kappa shape index (κ3) is 3.21. The van der Waals surface area contributed by atoms with E-state index < -0.39 is 0 Å². The fourth-order valence-electron chi connectivity index (χ4n) is 6.30. The van der Waals surface area contributed by atoms with E-state index in [2.05, 4.69) is 40.7 Å². The molecule has 3 aliphatic rings. The van der Waals surface area contributed by atoms with Gasteiger partial charge in [0.1, 0.15) is 5.82 Å². The third-order valence-electron chi connectivity index (χ3n) is 7.56. The summed E-state index contributed by atoms with van der Waals surface area (Å²) in [7, 11) is 1.90. The van der Waals surface area contributed by atoms with E-state index in [1.807, 2.05) is 7.11 Å². The number of para-hydroxylation sites is 2. The maximum absolute atomic E-state index is 6.04. The topological polar surface area (TPSA) is 30.3 Å². The van der Waals surface area contributed by atoms with E-state index >= 15 is 0 Å². The van der Waals surface area contributed by atoms with Crippen molar-refractivity contribution in [3.63, 3.8) is 0 Å². The van der Waals surface area contributed by atoms with Crippen LogP contribution in [0.15, 0.2) is 24.3 Å². The molecule has 0 unspecified atom stereocenters. The van der Waals surface area contributed by atoms with Crippen molar-refractivity contribution in [2.75, 3.05) is 26.7 Å². The van der Waals surface area contributed by atoms with Crippen molar-refractivity contribution in [1.82, 2.24) is 14.5 Å². The number of hydrogen-bond acceptors (Lipinski definition) is 3. The number of imidazole rings is 1. The molecule has 2 aliphatic carbocycles. The minimum Gasteiger partial charge on any atom is -0.379 e. The van der Waals surface area contributed by atoms with Crippen LogP contribution in [0.5, 0.6) is 0 Å². The fraction of sp³-hybridized carbons (Fsp3) is 0.696. The highest BCUT2D eigenvalue weighted by molar-refractivity contribution is 5.76. The lowest BCUT2D eigenvalue weighted by molar-refractivity contribution is -0.0000745. The molecule has 1 aromatic heterocycles. The summed E-state index contributed by atoms with van der Waals surface area (Å²) in [5, 5.41) is 0. The molecule has 0 radical (unpaired) electrons. The number of nitrogens with zero attached hydrogens (tertiary/aromatic N) is 3. The normalized spacial score (nSPS) is 32.4. The summed E-state index contributed by atoms with van der Waals surface area (Å²) in [4.78, 5) is 7.60. The van der Waals surface area contributed by atoms with Crippen LogP contribution in [0.4, 0.5) is 0 Å². The fourth-order valence-corrected chi connectivity index (χ4v) is 6.30. The van der Waals surface area contributed by atoms with Crippen LogP contribution in [0.2, 0.25) is 0 Å². The lowest BCUT2D eigenvalue weighted by atomic mass is 9.77. The molecular formula is C23H33N3O. The quantitative estimate of drug-likeness (QED) is 0.801. The number of benzene rings is 1. The average Bonchev–Trinajstić information content (AvgIpc) is 3.38. The number of rotatable bonds is 4. The lowest BCUT2D eigenvalue weighted by Gasteiger charge is -2.38. The number of fused-ring (bicyclic) bond motifs is 2. The van der Waals surface area contributed by atoms with Gasteiger partial charge < -0.3 is 14.2 Å². The molecule has 146 valence electrons. The summed E-state index contributed by atoms with van der Waals surface area (Å²) in [5.41, 5.74) is 2.38. The molecule has 0 spiro atoms. The minimum atomic E-state index is 0.300. The molecule has 2 saturated carbocycles. The third-order valence-corrected chi connectivity index (χ3v) is 7.56. The van der Waals surface area contributed by atoms with Crippen molar-refractivity contribution >= 4 is 11.0 Å². The van der Waals surface area contributed by atoms with Gasteiger partial charge in [-0.05, 0) is 62.5 Å². The van der Waals surface area contributed by atoms with Crippen LogP contribution in [0.1, 0.15) is 50.4 Å². The number of aryl methyl sites for hydroxylation is 1. The number of methoxy groups -OCH3 is 1. The van der Waals surface area contributed by atoms with E-state index in [0.29, 0.717) is 12.1 Å². The Morgan fingerprint density at radius 3 is 2.59 bits per heavy atom. The van der Waals surface area contributed by atoms with Gasteiger partial charge in [-0.15, -0.1) is 0 Å². The molecule has 0 amide bonds. The first-order chi connectivity index (χ1) is 13.2. The second kappa shape index (κ2) is 7.21. The number of hydrogen-bond donors (Lipinski definition) is 0. The Morgan fingerprint density at radius 2 is 1.81 bits per heavy atom. The SMILES string of the molecule is CO[C@H]1C[C@@H]2CN(CC3CCCC3)C[C@@H]2C[C@@H]1n1c(C)nc2ccccc21. The van der Waals surface area contributed by atoms with Gasteiger partial charge in [0.05, 0.1) is 23.2 Å². The van der Waals surface area contributed by atoms with Crippen LogP contribution in [-0.4, -0.2) is 47.3 Å². The highest BCUT2D eigenvalue weighted by Gasteiger charge is 2.44. The van der Waals surface area contributed by atoms with E-state index in [-0.39, 0.29) is 0 Å². The van der Waals surface area contributed by atoms with Gasteiger partial charge in [0.2, 0.25) is 0 Å². The summed E-state index contributed by atoms with van der Waals surface area (Å²) in [6.45, 7) is 6.07. The van der Waals surface area contributed by atoms with Crippen molar-refractivity contribution in [3.8, 4) is 0 Å². The first-order valence-electron chi connectivity index (χ1n) is 10.9. The van der Waals surface area contributed by atoms with E-state index in [1.165, 1.54) is 63.7 Å². The Kier molecular flexibility index (Phi) is 4.73. The maximum atomic E-state index is 6.04.